The highest BCUT2D eigenvalue weighted by molar-refractivity contribution is 5.85. The highest BCUT2D eigenvalue weighted by Gasteiger charge is 2.23. The Balaban J connectivity index is 0.00000162. The molecule has 2 fully saturated rings. The van der Waals surface area contributed by atoms with E-state index in [0.717, 1.165) is 32.2 Å². The fourth-order valence-corrected chi connectivity index (χ4v) is 3.27. The van der Waals surface area contributed by atoms with Gasteiger partial charge in [0, 0.05) is 18.5 Å². The predicted molar refractivity (Wildman–Crippen MR) is 76.8 cm³/mol. The number of hydrogen-bond donors (Lipinski definition) is 2. The quantitative estimate of drug-likeness (QED) is 0.831. The van der Waals surface area contributed by atoms with Crippen LogP contribution in [0.4, 0.5) is 0 Å². The van der Waals surface area contributed by atoms with Gasteiger partial charge in [0.05, 0.1) is 0 Å². The predicted octanol–water partition coefficient (Wildman–Crippen LogP) is 2.62. The number of nitrogens with one attached hydrogen (secondary N) is 1. The molecule has 0 aromatic heterocycles. The molecule has 0 spiro atoms. The lowest BCUT2D eigenvalue weighted by Gasteiger charge is -2.28. The van der Waals surface area contributed by atoms with Crippen LogP contribution in [-0.4, -0.2) is 18.5 Å². The summed E-state index contributed by atoms with van der Waals surface area (Å²) in [6, 6.07) is 0.361. The molecule has 3 N–H and O–H groups in total. The molecule has 18 heavy (non-hydrogen) atoms. The summed E-state index contributed by atoms with van der Waals surface area (Å²) in [6.07, 6.45) is 10.7. The van der Waals surface area contributed by atoms with E-state index < -0.39 is 0 Å². The minimum atomic E-state index is 0. The van der Waals surface area contributed by atoms with Crippen LogP contribution in [0.3, 0.4) is 0 Å². The summed E-state index contributed by atoms with van der Waals surface area (Å²) in [4.78, 5) is 12.0. The van der Waals surface area contributed by atoms with Crippen molar-refractivity contribution in [2.75, 3.05) is 6.54 Å². The number of amides is 1. The van der Waals surface area contributed by atoms with Gasteiger partial charge < -0.3 is 11.1 Å². The van der Waals surface area contributed by atoms with Crippen LogP contribution in [0.15, 0.2) is 0 Å². The summed E-state index contributed by atoms with van der Waals surface area (Å²) in [5.41, 5.74) is 5.96. The molecule has 2 aliphatic carbocycles. The third kappa shape index (κ3) is 4.77. The van der Waals surface area contributed by atoms with Crippen LogP contribution < -0.4 is 11.1 Å². The molecule has 0 heterocycles. The molecule has 0 aromatic carbocycles. The second-order valence-corrected chi connectivity index (χ2v) is 5.87. The van der Waals surface area contributed by atoms with Crippen molar-refractivity contribution in [3.8, 4) is 0 Å². The second-order valence-electron chi connectivity index (χ2n) is 5.87. The van der Waals surface area contributed by atoms with E-state index >= 15 is 0 Å². The van der Waals surface area contributed by atoms with Crippen LogP contribution >= 0.6 is 12.4 Å². The van der Waals surface area contributed by atoms with E-state index in [9.17, 15) is 4.79 Å². The van der Waals surface area contributed by atoms with Crippen molar-refractivity contribution in [2.45, 2.75) is 63.8 Å². The van der Waals surface area contributed by atoms with Gasteiger partial charge in [0.25, 0.3) is 0 Å². The Kier molecular flexibility index (Phi) is 7.02. The molecular weight excluding hydrogens is 248 g/mol. The van der Waals surface area contributed by atoms with Crippen LogP contribution in [0.5, 0.6) is 0 Å². The van der Waals surface area contributed by atoms with Gasteiger partial charge in [-0.3, -0.25) is 4.79 Å². The molecule has 0 saturated heterocycles. The Hall–Kier alpha value is -0.280. The normalized spacial score (nSPS) is 29.4. The first kappa shape index (κ1) is 15.8. The Labute approximate surface area is 117 Å². The maximum absolute atomic E-state index is 12.0. The molecule has 4 heteroatoms. The number of carbonyl (C=O) groups is 1. The van der Waals surface area contributed by atoms with Crippen molar-refractivity contribution in [3.05, 3.63) is 0 Å². The lowest BCUT2D eigenvalue weighted by Crippen LogP contribution is -2.38. The topological polar surface area (TPSA) is 55.1 Å². The standard InChI is InChI=1S/C14H26N2O.ClH/c15-13-8-4-5-11(9-13)10-16-14(17)12-6-2-1-3-7-12;/h11-13H,1-10,15H2,(H,16,17);1H. The molecule has 0 aliphatic heterocycles. The van der Waals surface area contributed by atoms with Gasteiger partial charge >= 0.3 is 0 Å². The summed E-state index contributed by atoms with van der Waals surface area (Å²) < 4.78 is 0. The Bertz CT molecular complexity index is 254. The maximum atomic E-state index is 12.0. The molecule has 1 amide bonds. The Morgan fingerprint density at radius 3 is 2.44 bits per heavy atom. The van der Waals surface area contributed by atoms with Gasteiger partial charge in [-0.05, 0) is 38.0 Å². The van der Waals surface area contributed by atoms with Gasteiger partial charge in [0.15, 0.2) is 0 Å². The average molecular weight is 275 g/mol. The van der Waals surface area contributed by atoms with Crippen molar-refractivity contribution < 1.29 is 4.79 Å². The summed E-state index contributed by atoms with van der Waals surface area (Å²) in [6.45, 7) is 0.850. The van der Waals surface area contributed by atoms with E-state index in [1.807, 2.05) is 0 Å². The molecule has 3 nitrogen and oxygen atoms in total. The Morgan fingerprint density at radius 2 is 1.78 bits per heavy atom. The van der Waals surface area contributed by atoms with Gasteiger partial charge in [0.2, 0.25) is 5.91 Å². The Morgan fingerprint density at radius 1 is 1.06 bits per heavy atom. The summed E-state index contributed by atoms with van der Waals surface area (Å²) in [5, 5.41) is 3.15. The maximum Gasteiger partial charge on any atom is 0.223 e. The van der Waals surface area contributed by atoms with Crippen molar-refractivity contribution in [2.24, 2.45) is 17.6 Å². The molecule has 2 unspecified atom stereocenters. The minimum Gasteiger partial charge on any atom is -0.356 e. The number of rotatable bonds is 3. The average Bonchev–Trinajstić information content (AvgIpc) is 2.37. The van der Waals surface area contributed by atoms with Gasteiger partial charge in [0.1, 0.15) is 0 Å². The van der Waals surface area contributed by atoms with Gasteiger partial charge in [-0.2, -0.15) is 0 Å². The molecule has 0 aromatic rings. The minimum absolute atomic E-state index is 0. The first-order chi connectivity index (χ1) is 8.25. The first-order valence-electron chi connectivity index (χ1n) is 7.29. The summed E-state index contributed by atoms with van der Waals surface area (Å²) in [5.74, 6) is 1.20. The zero-order valence-corrected chi connectivity index (χ0v) is 12.0. The molecule has 2 aliphatic rings. The number of nitrogens with two attached hydrogens (primary N) is 1. The van der Waals surface area contributed by atoms with Crippen molar-refractivity contribution in [3.63, 3.8) is 0 Å². The van der Waals surface area contributed by atoms with E-state index in [0.29, 0.717) is 23.8 Å². The number of hydrogen-bond acceptors (Lipinski definition) is 2. The fraction of sp³-hybridized carbons (Fsp3) is 0.929. The van der Waals surface area contributed by atoms with E-state index in [2.05, 4.69) is 5.32 Å². The van der Waals surface area contributed by atoms with Crippen LogP contribution in [0, 0.1) is 11.8 Å². The van der Waals surface area contributed by atoms with Crippen LogP contribution in [0.2, 0.25) is 0 Å². The van der Waals surface area contributed by atoms with Gasteiger partial charge in [-0.25, -0.2) is 0 Å². The van der Waals surface area contributed by atoms with Gasteiger partial charge in [-0.15, -0.1) is 12.4 Å². The second kappa shape index (κ2) is 8.00. The highest BCUT2D eigenvalue weighted by Crippen LogP contribution is 2.25. The number of halogens is 1. The molecule has 0 bridgehead atoms. The molecular formula is C14H27ClN2O. The zero-order chi connectivity index (χ0) is 12.1. The van der Waals surface area contributed by atoms with Crippen LogP contribution in [-0.2, 0) is 4.79 Å². The van der Waals surface area contributed by atoms with Crippen LogP contribution in [0.1, 0.15) is 57.8 Å². The fourth-order valence-electron chi connectivity index (χ4n) is 3.27. The lowest BCUT2D eigenvalue weighted by molar-refractivity contribution is -0.126. The molecule has 2 rings (SSSR count). The molecule has 0 radical (unpaired) electrons. The molecule has 106 valence electrons. The summed E-state index contributed by atoms with van der Waals surface area (Å²) in [7, 11) is 0. The SMILES string of the molecule is Cl.NC1CCCC(CNC(=O)C2CCCCC2)C1. The van der Waals surface area contributed by atoms with Crippen molar-refractivity contribution >= 4 is 18.3 Å². The zero-order valence-electron chi connectivity index (χ0n) is 11.2. The van der Waals surface area contributed by atoms with E-state index in [-0.39, 0.29) is 12.4 Å². The first-order valence-corrected chi connectivity index (χ1v) is 7.29. The van der Waals surface area contributed by atoms with E-state index in [4.69, 9.17) is 5.73 Å². The summed E-state index contributed by atoms with van der Waals surface area (Å²) >= 11 is 0. The lowest BCUT2D eigenvalue weighted by atomic mass is 9.85. The largest absolute Gasteiger partial charge is 0.356 e. The molecule has 2 saturated carbocycles. The highest BCUT2D eigenvalue weighted by atomic mass is 35.5. The smallest absolute Gasteiger partial charge is 0.223 e. The van der Waals surface area contributed by atoms with Crippen molar-refractivity contribution in [1.29, 1.82) is 0 Å². The van der Waals surface area contributed by atoms with Crippen LogP contribution in [0.25, 0.3) is 0 Å². The van der Waals surface area contributed by atoms with Crippen molar-refractivity contribution in [1.82, 2.24) is 5.32 Å². The molecule has 2 atom stereocenters. The third-order valence-electron chi connectivity index (χ3n) is 4.36. The van der Waals surface area contributed by atoms with E-state index in [1.165, 1.54) is 32.1 Å². The van der Waals surface area contributed by atoms with E-state index in [1.54, 1.807) is 0 Å². The number of carbonyl (C=O) groups excluding carboxylic acids is 1. The monoisotopic (exact) mass is 274 g/mol. The van der Waals surface area contributed by atoms with Gasteiger partial charge in [-0.1, -0.05) is 25.7 Å². The third-order valence-corrected chi connectivity index (χ3v) is 4.36.